The van der Waals surface area contributed by atoms with Crippen LogP contribution in [-0.2, 0) is 22.3 Å². The number of anilines is 3. The molecule has 1 N–H and O–H groups in total. The Kier molecular flexibility index (Phi) is 10.0. The molecule has 0 spiro atoms. The summed E-state index contributed by atoms with van der Waals surface area (Å²) >= 11 is 0. The highest BCUT2D eigenvalue weighted by Gasteiger charge is 2.25. The number of hydrogen-bond acceptors (Lipinski definition) is 8. The molecule has 214 valence electrons. The number of amides is 2. The van der Waals surface area contributed by atoms with Gasteiger partial charge >= 0.3 is 12.2 Å². The molecule has 0 aromatic carbocycles. The molecule has 0 saturated carbocycles. The van der Waals surface area contributed by atoms with E-state index in [0.29, 0.717) is 36.7 Å². The van der Waals surface area contributed by atoms with Crippen LogP contribution >= 0.6 is 0 Å². The predicted molar refractivity (Wildman–Crippen MR) is 157 cm³/mol. The summed E-state index contributed by atoms with van der Waals surface area (Å²) in [5.74, 6) is 1.74. The van der Waals surface area contributed by atoms with Gasteiger partial charge in [-0.25, -0.2) is 24.5 Å². The summed E-state index contributed by atoms with van der Waals surface area (Å²) in [7, 11) is 1.62. The standard InChI is InChI=1S/C30H40N6O4/c1-29(2,3)39-27(37)35(7)25-15-10-13-23(33-25)18-21-36(28(38)40-30(4,5)6)26-16-11-12-22(34-26)17-20-32-24-14-8-9-19-31-24/h8-16,19H,17-18,20-21H2,1-7H3,(H,31,32). The summed E-state index contributed by atoms with van der Waals surface area (Å²) in [6, 6.07) is 16.7. The molecule has 10 heteroatoms. The lowest BCUT2D eigenvalue weighted by Gasteiger charge is -2.27. The summed E-state index contributed by atoms with van der Waals surface area (Å²) < 4.78 is 11.2. The first-order chi connectivity index (χ1) is 18.8. The summed E-state index contributed by atoms with van der Waals surface area (Å²) in [5, 5.41) is 3.28. The molecule has 3 aromatic rings. The molecule has 2 amide bonds. The lowest BCUT2D eigenvalue weighted by atomic mass is 10.2. The van der Waals surface area contributed by atoms with Crippen molar-refractivity contribution in [2.75, 3.05) is 35.3 Å². The molecule has 0 unspecified atom stereocenters. The van der Waals surface area contributed by atoms with Crippen LogP contribution in [0.4, 0.5) is 27.0 Å². The van der Waals surface area contributed by atoms with Gasteiger partial charge in [-0.05, 0) is 77.9 Å². The summed E-state index contributed by atoms with van der Waals surface area (Å²) in [6.07, 6.45) is 1.81. The van der Waals surface area contributed by atoms with Crippen LogP contribution < -0.4 is 15.1 Å². The molecular weight excluding hydrogens is 508 g/mol. The van der Waals surface area contributed by atoms with Crippen molar-refractivity contribution < 1.29 is 19.1 Å². The fourth-order valence-electron chi connectivity index (χ4n) is 3.60. The molecule has 0 atom stereocenters. The van der Waals surface area contributed by atoms with Crippen molar-refractivity contribution in [3.8, 4) is 0 Å². The molecule has 3 heterocycles. The Morgan fingerprint density at radius 1 is 0.775 bits per heavy atom. The summed E-state index contributed by atoms with van der Waals surface area (Å²) in [6.45, 7) is 11.8. The minimum Gasteiger partial charge on any atom is -0.443 e. The molecule has 0 aliphatic rings. The van der Waals surface area contributed by atoms with Crippen LogP contribution in [0.2, 0.25) is 0 Å². The highest BCUT2D eigenvalue weighted by atomic mass is 16.6. The summed E-state index contributed by atoms with van der Waals surface area (Å²) in [4.78, 5) is 42.3. The minimum atomic E-state index is -0.673. The molecule has 0 aliphatic heterocycles. The van der Waals surface area contributed by atoms with Gasteiger partial charge in [-0.3, -0.25) is 9.80 Å². The van der Waals surface area contributed by atoms with Gasteiger partial charge in [-0.2, -0.15) is 0 Å². The van der Waals surface area contributed by atoms with Crippen molar-refractivity contribution in [2.45, 2.75) is 65.6 Å². The Morgan fingerprint density at radius 3 is 2.00 bits per heavy atom. The normalized spacial score (nSPS) is 11.5. The van der Waals surface area contributed by atoms with Crippen LogP contribution in [0.1, 0.15) is 52.9 Å². The first-order valence-corrected chi connectivity index (χ1v) is 13.3. The maximum atomic E-state index is 13.2. The van der Waals surface area contributed by atoms with E-state index in [-0.39, 0.29) is 6.54 Å². The number of pyridine rings is 3. The van der Waals surface area contributed by atoms with Gasteiger partial charge in [0.05, 0.1) is 0 Å². The number of nitrogens with zero attached hydrogens (tertiary/aromatic N) is 5. The lowest BCUT2D eigenvalue weighted by Crippen LogP contribution is -2.39. The van der Waals surface area contributed by atoms with Crippen LogP contribution in [0.25, 0.3) is 0 Å². The third-order valence-electron chi connectivity index (χ3n) is 5.43. The number of rotatable bonds is 9. The number of carbonyl (C=O) groups is 2. The molecule has 0 bridgehead atoms. The third-order valence-corrected chi connectivity index (χ3v) is 5.43. The van der Waals surface area contributed by atoms with Crippen LogP contribution in [-0.4, -0.2) is 58.5 Å². The van der Waals surface area contributed by atoms with Crippen molar-refractivity contribution in [3.63, 3.8) is 0 Å². The van der Waals surface area contributed by atoms with E-state index in [2.05, 4.69) is 15.3 Å². The zero-order valence-corrected chi connectivity index (χ0v) is 24.5. The van der Waals surface area contributed by atoms with Gasteiger partial charge in [0, 0.05) is 50.6 Å². The summed E-state index contributed by atoms with van der Waals surface area (Å²) in [5.41, 5.74) is 0.242. The zero-order chi connectivity index (χ0) is 29.3. The Balaban J connectivity index is 1.74. The molecule has 0 saturated heterocycles. The molecule has 0 fully saturated rings. The van der Waals surface area contributed by atoms with E-state index >= 15 is 0 Å². The second kappa shape index (κ2) is 13.2. The van der Waals surface area contributed by atoms with Crippen LogP contribution in [0.3, 0.4) is 0 Å². The highest BCUT2D eigenvalue weighted by molar-refractivity contribution is 5.87. The number of hydrogen-bond donors (Lipinski definition) is 1. The van der Waals surface area contributed by atoms with Crippen molar-refractivity contribution in [3.05, 3.63) is 72.2 Å². The zero-order valence-electron chi connectivity index (χ0n) is 24.5. The first kappa shape index (κ1) is 30.3. The van der Waals surface area contributed by atoms with E-state index in [4.69, 9.17) is 14.5 Å². The number of ether oxygens (including phenoxy) is 2. The fourth-order valence-corrected chi connectivity index (χ4v) is 3.60. The van der Waals surface area contributed by atoms with Crippen molar-refractivity contribution in [2.24, 2.45) is 0 Å². The maximum absolute atomic E-state index is 13.2. The average molecular weight is 549 g/mol. The van der Waals surface area contributed by atoms with Gasteiger partial charge in [-0.15, -0.1) is 0 Å². The molecular formula is C30H40N6O4. The van der Waals surface area contributed by atoms with E-state index in [1.807, 2.05) is 84.0 Å². The Labute approximate surface area is 236 Å². The Morgan fingerprint density at radius 2 is 1.38 bits per heavy atom. The van der Waals surface area contributed by atoms with Crippen molar-refractivity contribution in [1.82, 2.24) is 15.0 Å². The van der Waals surface area contributed by atoms with Crippen molar-refractivity contribution >= 4 is 29.6 Å². The number of aromatic nitrogens is 3. The Bertz CT molecular complexity index is 1270. The predicted octanol–water partition coefficient (Wildman–Crippen LogP) is 5.88. The van der Waals surface area contributed by atoms with E-state index in [0.717, 1.165) is 11.5 Å². The monoisotopic (exact) mass is 548 g/mol. The molecule has 10 nitrogen and oxygen atoms in total. The number of carbonyl (C=O) groups excluding carboxylic acids is 2. The van der Waals surface area contributed by atoms with Gasteiger partial charge in [0.1, 0.15) is 28.7 Å². The molecule has 0 radical (unpaired) electrons. The van der Waals surface area contributed by atoms with E-state index in [9.17, 15) is 9.59 Å². The highest BCUT2D eigenvalue weighted by Crippen LogP contribution is 2.19. The van der Waals surface area contributed by atoms with E-state index in [1.54, 1.807) is 25.4 Å². The average Bonchev–Trinajstić information content (AvgIpc) is 2.87. The van der Waals surface area contributed by atoms with Gasteiger partial charge < -0.3 is 14.8 Å². The SMILES string of the molecule is CN(C(=O)OC(C)(C)C)c1cccc(CCN(C(=O)OC(C)(C)C)c2cccc(CCNc3ccccn3)n2)n1. The van der Waals surface area contributed by atoms with Gasteiger partial charge in [-0.1, -0.05) is 18.2 Å². The fraction of sp³-hybridized carbons (Fsp3) is 0.433. The minimum absolute atomic E-state index is 0.282. The second-order valence-corrected chi connectivity index (χ2v) is 11.3. The molecule has 0 aliphatic carbocycles. The largest absolute Gasteiger partial charge is 0.443 e. The smallest absolute Gasteiger partial charge is 0.416 e. The quantitative estimate of drug-likeness (QED) is 0.353. The van der Waals surface area contributed by atoms with Crippen LogP contribution in [0.15, 0.2) is 60.8 Å². The molecule has 3 rings (SSSR count). The Hall–Kier alpha value is -4.21. The topological polar surface area (TPSA) is 110 Å². The van der Waals surface area contributed by atoms with Crippen LogP contribution in [0.5, 0.6) is 0 Å². The van der Waals surface area contributed by atoms with Gasteiger partial charge in [0.2, 0.25) is 0 Å². The van der Waals surface area contributed by atoms with Gasteiger partial charge in [0.25, 0.3) is 0 Å². The van der Waals surface area contributed by atoms with E-state index < -0.39 is 23.4 Å². The molecule has 40 heavy (non-hydrogen) atoms. The number of nitrogens with one attached hydrogen (secondary N) is 1. The van der Waals surface area contributed by atoms with Gasteiger partial charge in [0.15, 0.2) is 0 Å². The lowest BCUT2D eigenvalue weighted by molar-refractivity contribution is 0.0572. The molecule has 3 aromatic heterocycles. The van der Waals surface area contributed by atoms with Crippen LogP contribution in [0, 0.1) is 0 Å². The second-order valence-electron chi connectivity index (χ2n) is 11.3. The first-order valence-electron chi connectivity index (χ1n) is 13.3. The maximum Gasteiger partial charge on any atom is 0.416 e. The third kappa shape index (κ3) is 9.83. The van der Waals surface area contributed by atoms with Crippen molar-refractivity contribution in [1.29, 1.82) is 0 Å². The van der Waals surface area contributed by atoms with E-state index in [1.165, 1.54) is 9.80 Å².